The second-order valence-electron chi connectivity index (χ2n) is 6.74. The molecule has 2 aromatic heterocycles. The van der Waals surface area contributed by atoms with Crippen LogP contribution in [-0.2, 0) is 0 Å². The number of hydrogen-bond donors (Lipinski definition) is 2. The molecule has 0 spiro atoms. The summed E-state index contributed by atoms with van der Waals surface area (Å²) < 4.78 is 34.3. The Labute approximate surface area is 162 Å². The molecule has 0 fully saturated rings. The molecule has 2 heterocycles. The molecule has 3 rings (SSSR count). The van der Waals surface area contributed by atoms with Crippen LogP contribution in [0.15, 0.2) is 36.5 Å². The largest absolute Gasteiger partial charge is 0.496 e. The van der Waals surface area contributed by atoms with Crippen LogP contribution in [0.4, 0.5) is 26.0 Å². The summed E-state index contributed by atoms with van der Waals surface area (Å²) in [5.41, 5.74) is 8.37. The number of aromatic nitrogens is 2. The molecular weight excluding hydrogens is 362 g/mol. The number of nitrogen functional groups attached to an aromatic ring is 1. The quantitative estimate of drug-likeness (QED) is 0.633. The zero-order chi connectivity index (χ0) is 20.4. The number of methoxy groups -OCH3 is 1. The van der Waals surface area contributed by atoms with Gasteiger partial charge in [0.2, 0.25) is 0 Å². The molecule has 7 heteroatoms. The van der Waals surface area contributed by atoms with E-state index >= 15 is 0 Å². The predicted octanol–water partition coefficient (Wildman–Crippen LogP) is 5.19. The molecule has 3 N–H and O–H groups in total. The lowest BCUT2D eigenvalue weighted by molar-refractivity contribution is 0.413. The van der Waals surface area contributed by atoms with Gasteiger partial charge >= 0.3 is 0 Å². The number of nitrogens with one attached hydrogen (secondary N) is 1. The summed E-state index contributed by atoms with van der Waals surface area (Å²) in [5, 5.41) is 3.16. The molecule has 1 aromatic carbocycles. The SMILES string of the molecule is COc1cccc(F)c1-c1nc(Nc2c(C)ccnc2C(C)C)c(N)cc1F. The second kappa shape index (κ2) is 7.80. The Morgan fingerprint density at radius 3 is 2.57 bits per heavy atom. The van der Waals surface area contributed by atoms with Gasteiger partial charge in [-0.1, -0.05) is 19.9 Å². The fourth-order valence-corrected chi connectivity index (χ4v) is 2.98. The van der Waals surface area contributed by atoms with Crippen molar-refractivity contribution in [3.05, 3.63) is 59.4 Å². The van der Waals surface area contributed by atoms with E-state index in [9.17, 15) is 8.78 Å². The van der Waals surface area contributed by atoms with Crippen LogP contribution in [0.1, 0.15) is 31.0 Å². The first kappa shape index (κ1) is 19.5. The topological polar surface area (TPSA) is 73.1 Å². The molecule has 5 nitrogen and oxygen atoms in total. The first-order valence-corrected chi connectivity index (χ1v) is 8.84. The Bertz CT molecular complexity index is 1020. The van der Waals surface area contributed by atoms with Crippen molar-refractivity contribution < 1.29 is 13.5 Å². The van der Waals surface area contributed by atoms with Crippen LogP contribution in [0.25, 0.3) is 11.3 Å². The van der Waals surface area contributed by atoms with Crippen molar-refractivity contribution in [2.24, 2.45) is 0 Å². The highest BCUT2D eigenvalue weighted by Crippen LogP contribution is 2.37. The van der Waals surface area contributed by atoms with Crippen molar-refractivity contribution in [3.8, 4) is 17.0 Å². The number of aryl methyl sites for hydroxylation is 1. The van der Waals surface area contributed by atoms with Gasteiger partial charge in [-0.15, -0.1) is 0 Å². The highest BCUT2D eigenvalue weighted by molar-refractivity contribution is 5.77. The number of halogens is 2. The van der Waals surface area contributed by atoms with Gasteiger partial charge in [-0.3, -0.25) is 4.98 Å². The van der Waals surface area contributed by atoms with Gasteiger partial charge in [0, 0.05) is 12.3 Å². The average Bonchev–Trinajstić information content (AvgIpc) is 2.65. The summed E-state index contributed by atoms with van der Waals surface area (Å²) in [7, 11) is 1.39. The lowest BCUT2D eigenvalue weighted by Gasteiger charge is -2.18. The van der Waals surface area contributed by atoms with E-state index in [1.165, 1.54) is 19.2 Å². The van der Waals surface area contributed by atoms with E-state index in [0.29, 0.717) is 0 Å². The number of rotatable bonds is 5. The number of hydrogen-bond acceptors (Lipinski definition) is 5. The van der Waals surface area contributed by atoms with E-state index in [0.717, 1.165) is 23.0 Å². The van der Waals surface area contributed by atoms with E-state index in [2.05, 4.69) is 15.3 Å². The number of anilines is 3. The number of pyridine rings is 2. The maximum atomic E-state index is 14.6. The zero-order valence-electron chi connectivity index (χ0n) is 16.2. The lowest BCUT2D eigenvalue weighted by Crippen LogP contribution is -2.08. The Morgan fingerprint density at radius 1 is 1.14 bits per heavy atom. The van der Waals surface area contributed by atoms with E-state index < -0.39 is 11.6 Å². The molecule has 3 aromatic rings. The molecule has 0 saturated carbocycles. The monoisotopic (exact) mass is 384 g/mol. The Hall–Kier alpha value is -3.22. The first-order chi connectivity index (χ1) is 13.3. The number of ether oxygens (including phenoxy) is 1. The minimum absolute atomic E-state index is 0.0578. The van der Waals surface area contributed by atoms with Crippen molar-refractivity contribution in [2.75, 3.05) is 18.2 Å². The van der Waals surface area contributed by atoms with Crippen molar-refractivity contribution in [2.45, 2.75) is 26.7 Å². The van der Waals surface area contributed by atoms with Gasteiger partial charge in [0.25, 0.3) is 0 Å². The van der Waals surface area contributed by atoms with Gasteiger partial charge in [-0.25, -0.2) is 13.8 Å². The van der Waals surface area contributed by atoms with Gasteiger partial charge < -0.3 is 15.8 Å². The van der Waals surface area contributed by atoms with E-state index in [1.807, 2.05) is 26.8 Å². The highest BCUT2D eigenvalue weighted by atomic mass is 19.1. The van der Waals surface area contributed by atoms with E-state index in [4.69, 9.17) is 10.5 Å². The van der Waals surface area contributed by atoms with Gasteiger partial charge in [-0.2, -0.15) is 0 Å². The normalized spacial score (nSPS) is 11.0. The minimum atomic E-state index is -0.738. The fourth-order valence-electron chi connectivity index (χ4n) is 2.98. The van der Waals surface area contributed by atoms with E-state index in [1.54, 1.807) is 12.3 Å². The van der Waals surface area contributed by atoms with E-state index in [-0.39, 0.29) is 34.4 Å². The van der Waals surface area contributed by atoms with Crippen LogP contribution in [0.2, 0.25) is 0 Å². The van der Waals surface area contributed by atoms with Gasteiger partial charge in [0.15, 0.2) is 11.6 Å². The molecule has 0 amide bonds. The molecule has 0 bridgehead atoms. The molecule has 0 unspecified atom stereocenters. The number of nitrogens with zero attached hydrogens (tertiary/aromatic N) is 2. The van der Waals surface area contributed by atoms with Crippen LogP contribution in [0.3, 0.4) is 0 Å². The van der Waals surface area contributed by atoms with Crippen LogP contribution in [0, 0.1) is 18.6 Å². The molecule has 0 radical (unpaired) electrons. The van der Waals surface area contributed by atoms with Gasteiger partial charge in [0.1, 0.15) is 17.3 Å². The summed E-state index contributed by atoms with van der Waals surface area (Å²) in [6.45, 7) is 5.96. The van der Waals surface area contributed by atoms with Gasteiger partial charge in [-0.05, 0) is 36.6 Å². The molecule has 146 valence electrons. The fraction of sp³-hybridized carbons (Fsp3) is 0.238. The van der Waals surface area contributed by atoms with Crippen molar-refractivity contribution in [1.29, 1.82) is 0 Å². The van der Waals surface area contributed by atoms with Crippen molar-refractivity contribution in [3.63, 3.8) is 0 Å². The summed E-state index contributed by atoms with van der Waals surface area (Å²) >= 11 is 0. The number of nitrogens with two attached hydrogens (primary N) is 1. The first-order valence-electron chi connectivity index (χ1n) is 8.84. The average molecular weight is 384 g/mol. The van der Waals surface area contributed by atoms with Gasteiger partial charge in [0.05, 0.1) is 29.7 Å². The third-order valence-electron chi connectivity index (χ3n) is 4.42. The second-order valence-corrected chi connectivity index (χ2v) is 6.74. The zero-order valence-corrected chi connectivity index (χ0v) is 16.2. The molecule has 0 saturated heterocycles. The summed E-state index contributed by atoms with van der Waals surface area (Å²) in [4.78, 5) is 8.71. The van der Waals surface area contributed by atoms with Crippen LogP contribution >= 0.6 is 0 Å². The maximum absolute atomic E-state index is 14.6. The van der Waals surface area contributed by atoms with Crippen LogP contribution < -0.4 is 15.8 Å². The lowest BCUT2D eigenvalue weighted by atomic mass is 10.0. The summed E-state index contributed by atoms with van der Waals surface area (Å²) in [5.74, 6) is -0.821. The van der Waals surface area contributed by atoms with Crippen LogP contribution in [-0.4, -0.2) is 17.1 Å². The van der Waals surface area contributed by atoms with Crippen molar-refractivity contribution in [1.82, 2.24) is 9.97 Å². The highest BCUT2D eigenvalue weighted by Gasteiger charge is 2.20. The molecule has 0 aliphatic rings. The van der Waals surface area contributed by atoms with Crippen molar-refractivity contribution >= 4 is 17.2 Å². The summed E-state index contributed by atoms with van der Waals surface area (Å²) in [6, 6.07) is 7.24. The molecule has 0 atom stereocenters. The Kier molecular flexibility index (Phi) is 5.44. The molecule has 28 heavy (non-hydrogen) atoms. The minimum Gasteiger partial charge on any atom is -0.496 e. The molecular formula is C21H22F2N4O. The predicted molar refractivity (Wildman–Crippen MR) is 107 cm³/mol. The molecule has 0 aliphatic carbocycles. The standard InChI is InChI=1S/C21H22F2N4O/c1-11(2)18-19(12(3)8-9-25-18)26-21-15(24)10-14(23)20(27-21)17-13(22)6-5-7-16(17)28-4/h5-11H,24H2,1-4H3,(H,26,27). The number of benzene rings is 1. The summed E-state index contributed by atoms with van der Waals surface area (Å²) in [6.07, 6.45) is 1.73. The third kappa shape index (κ3) is 3.60. The Morgan fingerprint density at radius 2 is 1.89 bits per heavy atom. The van der Waals surface area contributed by atoms with Crippen LogP contribution in [0.5, 0.6) is 5.75 Å². The smallest absolute Gasteiger partial charge is 0.154 e. The molecule has 0 aliphatic heterocycles. The maximum Gasteiger partial charge on any atom is 0.154 e. The third-order valence-corrected chi connectivity index (χ3v) is 4.42. The Balaban J connectivity index is 2.16.